The van der Waals surface area contributed by atoms with Crippen molar-refractivity contribution in [3.05, 3.63) is 42.4 Å². The molecule has 0 bridgehead atoms. The highest BCUT2D eigenvalue weighted by Gasteiger charge is 2.31. The van der Waals surface area contributed by atoms with E-state index < -0.39 is 0 Å². The van der Waals surface area contributed by atoms with Crippen LogP contribution in [0.1, 0.15) is 24.6 Å². The number of likely N-dealkylation sites (tertiary alicyclic amines) is 1. The summed E-state index contributed by atoms with van der Waals surface area (Å²) in [6, 6.07) is 7.56. The summed E-state index contributed by atoms with van der Waals surface area (Å²) in [7, 11) is 1.80. The van der Waals surface area contributed by atoms with E-state index >= 15 is 0 Å². The zero-order valence-electron chi connectivity index (χ0n) is 14.0. The first-order valence-electron chi connectivity index (χ1n) is 8.33. The Hall–Kier alpha value is -3.03. The first-order valence-corrected chi connectivity index (χ1v) is 8.33. The molecule has 3 heterocycles. The summed E-state index contributed by atoms with van der Waals surface area (Å²) in [5, 5.41) is 11.7. The van der Waals surface area contributed by atoms with Gasteiger partial charge >= 0.3 is 0 Å². The second kappa shape index (κ2) is 6.46. The number of rotatable bonds is 4. The first kappa shape index (κ1) is 15.5. The van der Waals surface area contributed by atoms with E-state index in [2.05, 4.69) is 25.5 Å². The molecule has 0 aliphatic carbocycles. The topological polar surface area (TPSA) is 88.8 Å². The normalized spacial score (nSPS) is 17.2. The molecule has 1 aliphatic heterocycles. The molecule has 1 aliphatic rings. The maximum atomic E-state index is 12.8. The molecule has 1 aromatic carbocycles. The third kappa shape index (κ3) is 3.02. The van der Waals surface area contributed by atoms with Crippen LogP contribution in [0.25, 0.3) is 11.0 Å². The predicted octanol–water partition coefficient (Wildman–Crippen LogP) is 1.63. The number of carbonyl (C=O) groups excluding carboxylic acids is 1. The lowest BCUT2D eigenvalue weighted by molar-refractivity contribution is -0.133. The average Bonchev–Trinajstić information content (AvgIpc) is 3.28. The fourth-order valence-corrected chi connectivity index (χ4v) is 3.22. The molecule has 0 spiro atoms. The summed E-state index contributed by atoms with van der Waals surface area (Å²) in [5.41, 5.74) is 2.40. The van der Waals surface area contributed by atoms with Gasteiger partial charge in [-0.3, -0.25) is 9.78 Å². The zero-order valence-corrected chi connectivity index (χ0v) is 14.0. The molecule has 1 amide bonds. The predicted molar refractivity (Wildman–Crippen MR) is 92.8 cm³/mol. The Bertz CT molecular complexity index is 874. The fourth-order valence-electron chi connectivity index (χ4n) is 3.22. The number of nitrogens with zero attached hydrogens (tertiary/aromatic N) is 6. The molecule has 3 aromatic rings. The van der Waals surface area contributed by atoms with Crippen LogP contribution < -0.4 is 5.32 Å². The van der Waals surface area contributed by atoms with Gasteiger partial charge in [0.05, 0.1) is 24.1 Å². The van der Waals surface area contributed by atoms with Crippen molar-refractivity contribution in [1.29, 1.82) is 0 Å². The maximum Gasteiger partial charge on any atom is 0.246 e. The molecular formula is C17H19N7O. The lowest BCUT2D eigenvalue weighted by atomic mass is 10.1. The molecule has 128 valence electrons. The van der Waals surface area contributed by atoms with Crippen LogP contribution in [0, 0.1) is 0 Å². The summed E-state index contributed by atoms with van der Waals surface area (Å²) < 4.78 is 0. The highest BCUT2D eigenvalue weighted by atomic mass is 16.2. The minimum atomic E-state index is -0.0433. The van der Waals surface area contributed by atoms with Crippen molar-refractivity contribution in [1.82, 2.24) is 29.9 Å². The lowest BCUT2D eigenvalue weighted by Gasteiger charge is -2.24. The maximum absolute atomic E-state index is 12.8. The van der Waals surface area contributed by atoms with Gasteiger partial charge in [0.1, 0.15) is 23.4 Å². The third-order valence-corrected chi connectivity index (χ3v) is 4.43. The smallest absolute Gasteiger partial charge is 0.246 e. The minimum absolute atomic E-state index is 0.000494. The van der Waals surface area contributed by atoms with Crippen LogP contribution >= 0.6 is 0 Å². The van der Waals surface area contributed by atoms with Crippen molar-refractivity contribution in [3.8, 4) is 0 Å². The standard InChI is InChI=1S/C17H19N7O/c1-18-16-10-19-9-14(20-16)15-7-4-8-23(15)17(25)11-24-21-12-5-2-3-6-13(12)22-24/h2-3,5-6,9-10,15H,4,7-8,11H2,1H3,(H,18,20). The van der Waals surface area contributed by atoms with Crippen LogP contribution in [0.15, 0.2) is 36.7 Å². The molecule has 0 radical (unpaired) electrons. The van der Waals surface area contributed by atoms with E-state index in [1.807, 2.05) is 29.2 Å². The van der Waals surface area contributed by atoms with Gasteiger partial charge in [0.25, 0.3) is 0 Å². The Morgan fingerprint density at radius 1 is 1.24 bits per heavy atom. The second-order valence-corrected chi connectivity index (χ2v) is 6.04. The summed E-state index contributed by atoms with van der Waals surface area (Å²) in [6.07, 6.45) is 5.25. The van der Waals surface area contributed by atoms with Crippen molar-refractivity contribution >= 4 is 22.8 Å². The summed E-state index contributed by atoms with van der Waals surface area (Å²) in [6.45, 7) is 0.847. The number of carbonyl (C=O) groups is 1. The summed E-state index contributed by atoms with van der Waals surface area (Å²) in [5.74, 6) is 0.705. The van der Waals surface area contributed by atoms with Gasteiger partial charge < -0.3 is 10.2 Å². The number of benzene rings is 1. The summed E-state index contributed by atoms with van der Waals surface area (Å²) in [4.78, 5) is 24.9. The van der Waals surface area contributed by atoms with Crippen molar-refractivity contribution in [3.63, 3.8) is 0 Å². The van der Waals surface area contributed by atoms with Gasteiger partial charge in [0, 0.05) is 13.6 Å². The SMILES string of the molecule is CNc1cncc(C2CCCN2C(=O)Cn2nc3ccccc3n2)n1. The summed E-state index contributed by atoms with van der Waals surface area (Å²) >= 11 is 0. The molecule has 8 heteroatoms. The van der Waals surface area contributed by atoms with E-state index in [-0.39, 0.29) is 18.5 Å². The van der Waals surface area contributed by atoms with E-state index in [4.69, 9.17) is 0 Å². The second-order valence-electron chi connectivity index (χ2n) is 6.04. The van der Waals surface area contributed by atoms with E-state index in [0.717, 1.165) is 36.1 Å². The van der Waals surface area contributed by atoms with Crippen molar-refractivity contribution in [2.45, 2.75) is 25.4 Å². The minimum Gasteiger partial charge on any atom is -0.372 e. The molecule has 25 heavy (non-hydrogen) atoms. The highest BCUT2D eigenvalue weighted by Crippen LogP contribution is 2.31. The molecule has 1 N–H and O–H groups in total. The van der Waals surface area contributed by atoms with E-state index in [0.29, 0.717) is 5.82 Å². The van der Waals surface area contributed by atoms with Crippen LogP contribution in [-0.4, -0.2) is 49.4 Å². The van der Waals surface area contributed by atoms with Gasteiger partial charge in [0.2, 0.25) is 5.91 Å². The van der Waals surface area contributed by atoms with Gasteiger partial charge in [-0.1, -0.05) is 12.1 Å². The van der Waals surface area contributed by atoms with E-state index in [9.17, 15) is 4.79 Å². The first-order chi connectivity index (χ1) is 12.2. The van der Waals surface area contributed by atoms with Crippen molar-refractivity contribution < 1.29 is 4.79 Å². The molecule has 1 saturated heterocycles. The Balaban J connectivity index is 1.53. The van der Waals surface area contributed by atoms with Crippen molar-refractivity contribution in [2.75, 3.05) is 18.9 Å². The van der Waals surface area contributed by atoms with E-state index in [1.165, 1.54) is 4.80 Å². The molecule has 0 saturated carbocycles. The largest absolute Gasteiger partial charge is 0.372 e. The monoisotopic (exact) mass is 337 g/mol. The number of amides is 1. The number of aromatic nitrogens is 5. The van der Waals surface area contributed by atoms with Crippen LogP contribution in [-0.2, 0) is 11.3 Å². The van der Waals surface area contributed by atoms with Crippen LogP contribution in [0.4, 0.5) is 5.82 Å². The molecule has 1 atom stereocenters. The third-order valence-electron chi connectivity index (χ3n) is 4.43. The molecule has 2 aromatic heterocycles. The van der Waals surface area contributed by atoms with Gasteiger partial charge in [-0.2, -0.15) is 15.0 Å². The number of hydrogen-bond acceptors (Lipinski definition) is 6. The number of hydrogen-bond donors (Lipinski definition) is 1. The quantitative estimate of drug-likeness (QED) is 0.778. The molecular weight excluding hydrogens is 318 g/mol. The van der Waals surface area contributed by atoms with Gasteiger partial charge in [0.15, 0.2) is 0 Å². The average molecular weight is 337 g/mol. The van der Waals surface area contributed by atoms with E-state index in [1.54, 1.807) is 19.4 Å². The Kier molecular flexibility index (Phi) is 4.01. The van der Waals surface area contributed by atoms with Gasteiger partial charge in [-0.25, -0.2) is 4.98 Å². The van der Waals surface area contributed by atoms with Gasteiger partial charge in [-0.05, 0) is 25.0 Å². The van der Waals surface area contributed by atoms with Gasteiger partial charge in [-0.15, -0.1) is 0 Å². The van der Waals surface area contributed by atoms with Crippen molar-refractivity contribution in [2.24, 2.45) is 0 Å². The number of nitrogens with one attached hydrogen (secondary N) is 1. The number of anilines is 1. The Morgan fingerprint density at radius 2 is 2.00 bits per heavy atom. The fraction of sp³-hybridized carbons (Fsp3) is 0.353. The molecule has 8 nitrogen and oxygen atoms in total. The number of fused-ring (bicyclic) bond motifs is 1. The Morgan fingerprint density at radius 3 is 2.72 bits per heavy atom. The van der Waals surface area contributed by atoms with Crippen LogP contribution in [0.5, 0.6) is 0 Å². The molecule has 1 unspecified atom stereocenters. The lowest BCUT2D eigenvalue weighted by Crippen LogP contribution is -2.34. The molecule has 4 rings (SSSR count). The van der Waals surface area contributed by atoms with Crippen LogP contribution in [0.2, 0.25) is 0 Å². The zero-order chi connectivity index (χ0) is 17.2. The van der Waals surface area contributed by atoms with Crippen LogP contribution in [0.3, 0.4) is 0 Å². The Labute approximate surface area is 144 Å². The highest BCUT2D eigenvalue weighted by molar-refractivity contribution is 5.77. The molecule has 1 fully saturated rings.